The average molecular weight is 173 g/mol. The topological polar surface area (TPSA) is 70.6 Å². The highest BCUT2D eigenvalue weighted by Crippen LogP contribution is 2.11. The second-order valence-electron chi connectivity index (χ2n) is 3.22. The number of hydroxylamine groups is 1. The molecule has 4 heteroatoms. The van der Waals surface area contributed by atoms with Gasteiger partial charge in [0.2, 0.25) is 5.96 Å². The molecule has 72 valence electrons. The molecule has 0 aliphatic rings. The summed E-state index contributed by atoms with van der Waals surface area (Å²) in [5, 5.41) is 8.37. The molecule has 0 amide bonds. The number of hydrogen-bond acceptors (Lipinski definition) is 2. The molecule has 0 fully saturated rings. The van der Waals surface area contributed by atoms with Crippen LogP contribution in [0.25, 0.3) is 0 Å². The molecule has 0 aromatic heterocycles. The molecule has 12 heavy (non-hydrogen) atoms. The van der Waals surface area contributed by atoms with E-state index in [1.807, 2.05) is 12.4 Å². The fraction of sp³-hybridized carbons (Fsp3) is 0.875. The van der Waals surface area contributed by atoms with Crippen LogP contribution in [0.15, 0.2) is 4.99 Å². The monoisotopic (exact) mass is 173 g/mol. The van der Waals surface area contributed by atoms with Crippen LogP contribution in [-0.4, -0.2) is 17.2 Å². The van der Waals surface area contributed by atoms with Gasteiger partial charge < -0.3 is 5.73 Å². The van der Waals surface area contributed by atoms with Gasteiger partial charge in [-0.1, -0.05) is 20.3 Å². The van der Waals surface area contributed by atoms with Gasteiger partial charge in [-0.2, -0.15) is 0 Å². The normalized spacial score (nSPS) is 17.2. The van der Waals surface area contributed by atoms with Gasteiger partial charge in [0.1, 0.15) is 0 Å². The van der Waals surface area contributed by atoms with Gasteiger partial charge in [-0.3, -0.25) is 5.21 Å². The van der Waals surface area contributed by atoms with Crippen molar-refractivity contribution in [2.24, 2.45) is 16.6 Å². The molecule has 2 atom stereocenters. The summed E-state index contributed by atoms with van der Waals surface area (Å²) in [5.74, 6) is 0.737. The summed E-state index contributed by atoms with van der Waals surface area (Å²) in [5.41, 5.74) is 7.09. The van der Waals surface area contributed by atoms with Crippen LogP contribution in [0.2, 0.25) is 0 Å². The molecule has 0 saturated heterocycles. The van der Waals surface area contributed by atoms with Crippen molar-refractivity contribution < 1.29 is 5.21 Å². The zero-order chi connectivity index (χ0) is 9.56. The lowest BCUT2D eigenvalue weighted by molar-refractivity contribution is 0.232. The molecule has 0 heterocycles. The number of guanidine groups is 1. The van der Waals surface area contributed by atoms with Crippen molar-refractivity contribution in [1.29, 1.82) is 0 Å². The van der Waals surface area contributed by atoms with Crippen LogP contribution >= 0.6 is 0 Å². The maximum absolute atomic E-state index is 8.37. The maximum Gasteiger partial charge on any atom is 0.213 e. The third-order valence-electron chi connectivity index (χ3n) is 1.91. The highest BCUT2D eigenvalue weighted by atomic mass is 16.5. The Bertz CT molecular complexity index is 147. The van der Waals surface area contributed by atoms with Gasteiger partial charge >= 0.3 is 0 Å². The molecule has 0 aromatic carbocycles. The van der Waals surface area contributed by atoms with E-state index in [9.17, 15) is 0 Å². The SMILES string of the molecule is CCC(C)CC(C)N=C(N)NO. The molecule has 0 rings (SSSR count). The molecule has 4 N–H and O–H groups in total. The van der Waals surface area contributed by atoms with E-state index in [1.165, 1.54) is 0 Å². The minimum atomic E-state index is 0.0887. The smallest absolute Gasteiger partial charge is 0.213 e. The van der Waals surface area contributed by atoms with Crippen molar-refractivity contribution in [2.45, 2.75) is 39.7 Å². The summed E-state index contributed by atoms with van der Waals surface area (Å²) in [4.78, 5) is 4.02. The van der Waals surface area contributed by atoms with Crippen molar-refractivity contribution in [1.82, 2.24) is 5.48 Å². The summed E-state index contributed by atoms with van der Waals surface area (Å²) in [6, 6.07) is 0.166. The Morgan fingerprint density at radius 1 is 1.58 bits per heavy atom. The minimum Gasteiger partial charge on any atom is -0.368 e. The van der Waals surface area contributed by atoms with E-state index >= 15 is 0 Å². The summed E-state index contributed by atoms with van der Waals surface area (Å²) >= 11 is 0. The highest BCUT2D eigenvalue weighted by molar-refractivity contribution is 5.76. The second-order valence-corrected chi connectivity index (χ2v) is 3.22. The molecule has 0 aliphatic carbocycles. The van der Waals surface area contributed by atoms with Crippen LogP contribution in [0.5, 0.6) is 0 Å². The van der Waals surface area contributed by atoms with Gasteiger partial charge in [0, 0.05) is 0 Å². The van der Waals surface area contributed by atoms with Gasteiger partial charge in [0.25, 0.3) is 0 Å². The first-order valence-corrected chi connectivity index (χ1v) is 4.33. The van der Waals surface area contributed by atoms with Crippen LogP contribution in [0, 0.1) is 5.92 Å². The number of aliphatic imine (C=N–C) groups is 1. The number of nitrogens with one attached hydrogen (secondary N) is 1. The Labute approximate surface area is 73.8 Å². The number of rotatable bonds is 4. The molecule has 0 radical (unpaired) electrons. The first-order valence-electron chi connectivity index (χ1n) is 4.33. The first-order chi connectivity index (χ1) is 5.60. The third kappa shape index (κ3) is 4.96. The van der Waals surface area contributed by atoms with Crippen molar-refractivity contribution >= 4 is 5.96 Å². The van der Waals surface area contributed by atoms with Gasteiger partial charge in [-0.15, -0.1) is 0 Å². The van der Waals surface area contributed by atoms with Gasteiger partial charge in [-0.05, 0) is 19.3 Å². The Balaban J connectivity index is 3.80. The van der Waals surface area contributed by atoms with Crippen molar-refractivity contribution in [3.63, 3.8) is 0 Å². The average Bonchev–Trinajstić information content (AvgIpc) is 2.03. The summed E-state index contributed by atoms with van der Waals surface area (Å²) in [6.45, 7) is 6.31. The lowest BCUT2D eigenvalue weighted by Gasteiger charge is -2.12. The molecule has 4 nitrogen and oxygen atoms in total. The molecular formula is C8H19N3O. The van der Waals surface area contributed by atoms with E-state index in [1.54, 1.807) is 0 Å². The Morgan fingerprint density at radius 2 is 2.17 bits per heavy atom. The number of nitrogens with zero attached hydrogens (tertiary/aromatic N) is 1. The molecule has 0 saturated carbocycles. The standard InChI is InChI=1S/C8H19N3O/c1-4-6(2)5-7(3)10-8(9)11-12/h6-7,12H,4-5H2,1-3H3,(H3,9,10,11). The zero-order valence-electron chi connectivity index (χ0n) is 8.04. The highest BCUT2D eigenvalue weighted by Gasteiger charge is 2.05. The van der Waals surface area contributed by atoms with Crippen LogP contribution in [-0.2, 0) is 0 Å². The van der Waals surface area contributed by atoms with Gasteiger partial charge in [0.15, 0.2) is 0 Å². The molecular weight excluding hydrogens is 154 g/mol. The summed E-state index contributed by atoms with van der Waals surface area (Å²) in [6.07, 6.45) is 2.14. The largest absolute Gasteiger partial charge is 0.368 e. The fourth-order valence-electron chi connectivity index (χ4n) is 1.07. The maximum atomic E-state index is 8.37. The fourth-order valence-corrected chi connectivity index (χ4v) is 1.07. The Kier molecular flexibility index (Phi) is 5.45. The van der Waals surface area contributed by atoms with Crippen molar-refractivity contribution in [2.75, 3.05) is 0 Å². The van der Waals surface area contributed by atoms with Crippen LogP contribution in [0.3, 0.4) is 0 Å². The van der Waals surface area contributed by atoms with Gasteiger partial charge in [0.05, 0.1) is 6.04 Å². The molecule has 0 aromatic rings. The predicted molar refractivity (Wildman–Crippen MR) is 50.1 cm³/mol. The predicted octanol–water partition coefficient (Wildman–Crippen LogP) is 1.10. The zero-order valence-corrected chi connectivity index (χ0v) is 8.04. The van der Waals surface area contributed by atoms with E-state index in [-0.39, 0.29) is 12.0 Å². The van der Waals surface area contributed by atoms with Crippen LogP contribution < -0.4 is 11.2 Å². The van der Waals surface area contributed by atoms with Crippen LogP contribution in [0.1, 0.15) is 33.6 Å². The van der Waals surface area contributed by atoms with Crippen molar-refractivity contribution in [3.8, 4) is 0 Å². The number of hydrogen-bond donors (Lipinski definition) is 3. The van der Waals surface area contributed by atoms with E-state index < -0.39 is 0 Å². The first kappa shape index (κ1) is 11.2. The summed E-state index contributed by atoms with van der Waals surface area (Å²) < 4.78 is 0. The van der Waals surface area contributed by atoms with E-state index in [2.05, 4.69) is 18.8 Å². The van der Waals surface area contributed by atoms with E-state index in [4.69, 9.17) is 10.9 Å². The van der Waals surface area contributed by atoms with E-state index in [0.717, 1.165) is 12.8 Å². The summed E-state index contributed by atoms with van der Waals surface area (Å²) in [7, 11) is 0. The van der Waals surface area contributed by atoms with Gasteiger partial charge in [-0.25, -0.2) is 10.5 Å². The lowest BCUT2D eigenvalue weighted by Crippen LogP contribution is -2.30. The third-order valence-corrected chi connectivity index (χ3v) is 1.91. The lowest BCUT2D eigenvalue weighted by atomic mass is 10.0. The molecule has 0 aliphatic heterocycles. The second kappa shape index (κ2) is 5.83. The van der Waals surface area contributed by atoms with Crippen LogP contribution in [0.4, 0.5) is 0 Å². The number of nitrogens with two attached hydrogens (primary N) is 1. The minimum absolute atomic E-state index is 0.0887. The van der Waals surface area contributed by atoms with Crippen molar-refractivity contribution in [3.05, 3.63) is 0 Å². The molecule has 0 bridgehead atoms. The molecule has 0 spiro atoms. The Morgan fingerprint density at radius 3 is 2.58 bits per heavy atom. The quantitative estimate of drug-likeness (QED) is 0.339. The van der Waals surface area contributed by atoms with E-state index in [0.29, 0.717) is 5.92 Å². The molecule has 2 unspecified atom stereocenters. The Hall–Kier alpha value is -0.770.